The predicted molar refractivity (Wildman–Crippen MR) is 193 cm³/mol. The maximum absolute atomic E-state index is 12.7. The Balaban J connectivity index is 2.22. The highest BCUT2D eigenvalue weighted by molar-refractivity contribution is 5.72. The van der Waals surface area contributed by atoms with Crippen molar-refractivity contribution in [3.05, 3.63) is 11.6 Å². The number of rotatable bonds is 31. The molecule has 0 spiro atoms. The lowest BCUT2D eigenvalue weighted by molar-refractivity contribution is -0.151. The van der Waals surface area contributed by atoms with Crippen LogP contribution in [0.1, 0.15) is 188 Å². The summed E-state index contributed by atoms with van der Waals surface area (Å²) in [5.74, 6) is 0.663. The van der Waals surface area contributed by atoms with Gasteiger partial charge in [-0.2, -0.15) is 0 Å². The van der Waals surface area contributed by atoms with Crippen molar-refractivity contribution in [2.75, 3.05) is 33.4 Å². The van der Waals surface area contributed by atoms with E-state index in [1.165, 1.54) is 134 Å². The van der Waals surface area contributed by atoms with E-state index < -0.39 is 6.29 Å². The van der Waals surface area contributed by atoms with Crippen molar-refractivity contribution in [3.8, 4) is 0 Å². The van der Waals surface area contributed by atoms with E-state index in [9.17, 15) is 9.90 Å². The minimum Gasteiger partial charge on any atom is -0.465 e. The first-order valence-electron chi connectivity index (χ1n) is 19.8. The number of carbonyl (C=O) groups excluding carboxylic acids is 1. The van der Waals surface area contributed by atoms with Crippen molar-refractivity contribution in [1.29, 1.82) is 0 Å². The zero-order valence-electron chi connectivity index (χ0n) is 30.6. The van der Waals surface area contributed by atoms with Crippen LogP contribution in [0.3, 0.4) is 0 Å². The molecule has 5 nitrogen and oxygen atoms in total. The lowest BCUT2D eigenvalue weighted by atomic mass is 9.94. The van der Waals surface area contributed by atoms with Gasteiger partial charge in [-0.25, -0.2) is 0 Å². The van der Waals surface area contributed by atoms with Crippen LogP contribution in [-0.2, 0) is 14.3 Å². The van der Waals surface area contributed by atoms with Gasteiger partial charge in [0.05, 0.1) is 19.1 Å². The number of esters is 1. The topological polar surface area (TPSA) is 59.0 Å². The number of hydrogen-bond donors (Lipinski definition) is 1. The zero-order chi connectivity index (χ0) is 32.8. The van der Waals surface area contributed by atoms with Crippen LogP contribution in [0.5, 0.6) is 0 Å². The number of ether oxygens (including phenoxy) is 2. The first kappa shape index (κ1) is 42.1. The van der Waals surface area contributed by atoms with Gasteiger partial charge in [-0.1, -0.05) is 135 Å². The van der Waals surface area contributed by atoms with Crippen LogP contribution in [0.25, 0.3) is 0 Å². The quantitative estimate of drug-likeness (QED) is 0.0355. The first-order chi connectivity index (χ1) is 22.0. The summed E-state index contributed by atoms with van der Waals surface area (Å²) in [7, 11) is 2.14. The lowest BCUT2D eigenvalue weighted by Gasteiger charge is -2.28. The molecule has 266 valence electrons. The number of allylic oxidation sites excluding steroid dienone is 1. The second-order valence-electron chi connectivity index (χ2n) is 14.2. The average Bonchev–Trinajstić information content (AvgIpc) is 3.04. The van der Waals surface area contributed by atoms with Crippen molar-refractivity contribution < 1.29 is 19.4 Å². The Morgan fingerprint density at radius 2 is 1.27 bits per heavy atom. The Hall–Kier alpha value is -0.910. The molecule has 0 aromatic heterocycles. The third-order valence-electron chi connectivity index (χ3n) is 9.87. The maximum atomic E-state index is 12.7. The van der Waals surface area contributed by atoms with E-state index in [-0.39, 0.29) is 11.9 Å². The molecule has 1 N–H and O–H groups in total. The second-order valence-corrected chi connectivity index (χ2v) is 14.2. The largest absolute Gasteiger partial charge is 0.465 e. The molecule has 45 heavy (non-hydrogen) atoms. The Bertz CT molecular complexity index is 688. The zero-order valence-corrected chi connectivity index (χ0v) is 30.6. The summed E-state index contributed by atoms with van der Waals surface area (Å²) in [6.45, 7) is 10.0. The molecule has 1 rings (SSSR count). The van der Waals surface area contributed by atoms with Gasteiger partial charge in [-0.3, -0.25) is 4.79 Å². The van der Waals surface area contributed by atoms with Gasteiger partial charge in [-0.05, 0) is 90.3 Å². The number of carbonyl (C=O) groups is 1. The van der Waals surface area contributed by atoms with E-state index in [2.05, 4.69) is 38.8 Å². The number of nitrogens with zero attached hydrogens (tertiary/aromatic N) is 1. The van der Waals surface area contributed by atoms with Crippen LogP contribution >= 0.6 is 0 Å². The van der Waals surface area contributed by atoms with Gasteiger partial charge in [0.25, 0.3) is 0 Å². The smallest absolute Gasteiger partial charge is 0.309 e. The molecule has 5 heteroatoms. The molecule has 1 saturated heterocycles. The summed E-state index contributed by atoms with van der Waals surface area (Å²) in [5.41, 5.74) is 1.52. The van der Waals surface area contributed by atoms with Gasteiger partial charge in [0, 0.05) is 0 Å². The van der Waals surface area contributed by atoms with Gasteiger partial charge >= 0.3 is 5.97 Å². The van der Waals surface area contributed by atoms with Crippen LogP contribution in [0, 0.1) is 11.8 Å². The Labute approximate surface area is 280 Å². The third-order valence-corrected chi connectivity index (χ3v) is 9.87. The van der Waals surface area contributed by atoms with Gasteiger partial charge < -0.3 is 19.5 Å². The van der Waals surface area contributed by atoms with Crippen molar-refractivity contribution in [2.45, 2.75) is 194 Å². The molecular weight excluding hydrogens is 558 g/mol. The van der Waals surface area contributed by atoms with Gasteiger partial charge in [0.1, 0.15) is 0 Å². The molecule has 1 heterocycles. The predicted octanol–water partition coefficient (Wildman–Crippen LogP) is 11.2. The van der Waals surface area contributed by atoms with Gasteiger partial charge in [0.2, 0.25) is 0 Å². The SMILES string of the molecule is CCCC/C=C(\CCCCC)CCOC(O)CCCCCCCCC(CCCCCCCCC)COC(=O)C1CCN(C)CC1. The second kappa shape index (κ2) is 30.4. The molecule has 0 aliphatic carbocycles. The van der Waals surface area contributed by atoms with Crippen LogP contribution in [-0.4, -0.2) is 55.6 Å². The van der Waals surface area contributed by atoms with E-state index in [1.54, 1.807) is 0 Å². The Morgan fingerprint density at radius 3 is 1.87 bits per heavy atom. The van der Waals surface area contributed by atoms with E-state index >= 15 is 0 Å². The third kappa shape index (κ3) is 24.9. The summed E-state index contributed by atoms with van der Waals surface area (Å²) in [4.78, 5) is 15.0. The monoisotopic (exact) mass is 636 g/mol. The Morgan fingerprint density at radius 1 is 0.733 bits per heavy atom. The van der Waals surface area contributed by atoms with Crippen molar-refractivity contribution in [1.82, 2.24) is 4.90 Å². The van der Waals surface area contributed by atoms with Crippen LogP contribution in [0.15, 0.2) is 11.6 Å². The lowest BCUT2D eigenvalue weighted by Crippen LogP contribution is -2.34. The highest BCUT2D eigenvalue weighted by atomic mass is 16.6. The summed E-state index contributed by atoms with van der Waals surface area (Å²) < 4.78 is 11.7. The van der Waals surface area contributed by atoms with Gasteiger partial charge in [-0.15, -0.1) is 0 Å². The molecule has 0 radical (unpaired) electrons. The molecule has 1 aliphatic heterocycles. The Kier molecular flexibility index (Phi) is 28.5. The van der Waals surface area contributed by atoms with E-state index in [4.69, 9.17) is 9.47 Å². The molecule has 0 aromatic carbocycles. The average molecular weight is 636 g/mol. The molecule has 0 saturated carbocycles. The van der Waals surface area contributed by atoms with Crippen LogP contribution in [0.4, 0.5) is 0 Å². The summed E-state index contributed by atoms with van der Waals surface area (Å²) >= 11 is 0. The number of aliphatic hydroxyl groups is 1. The van der Waals surface area contributed by atoms with Crippen LogP contribution < -0.4 is 0 Å². The van der Waals surface area contributed by atoms with E-state index in [0.717, 1.165) is 51.6 Å². The van der Waals surface area contributed by atoms with Crippen molar-refractivity contribution >= 4 is 5.97 Å². The molecule has 2 atom stereocenters. The first-order valence-corrected chi connectivity index (χ1v) is 19.8. The van der Waals surface area contributed by atoms with Crippen molar-refractivity contribution in [3.63, 3.8) is 0 Å². The normalized spacial score (nSPS) is 16.2. The fourth-order valence-corrected chi connectivity index (χ4v) is 6.57. The minimum absolute atomic E-state index is 0.0506. The molecule has 1 fully saturated rings. The van der Waals surface area contributed by atoms with Crippen LogP contribution in [0.2, 0.25) is 0 Å². The summed E-state index contributed by atoms with van der Waals surface area (Å²) in [6.07, 6.45) is 32.9. The van der Waals surface area contributed by atoms with E-state index in [1.807, 2.05) is 0 Å². The maximum Gasteiger partial charge on any atom is 0.309 e. The molecule has 0 aromatic rings. The molecular formula is C40H77NO4. The summed E-state index contributed by atoms with van der Waals surface area (Å²) in [6, 6.07) is 0. The number of aliphatic hydroxyl groups excluding tert-OH is 1. The highest BCUT2D eigenvalue weighted by Gasteiger charge is 2.25. The fourth-order valence-electron chi connectivity index (χ4n) is 6.57. The number of likely N-dealkylation sites (tertiary alicyclic amines) is 1. The van der Waals surface area contributed by atoms with E-state index in [0.29, 0.717) is 19.1 Å². The van der Waals surface area contributed by atoms with Gasteiger partial charge in [0.15, 0.2) is 6.29 Å². The highest BCUT2D eigenvalue weighted by Crippen LogP contribution is 2.23. The molecule has 1 aliphatic rings. The standard InChI is InChI=1S/C40H77NO4/c1-5-8-11-12-13-16-21-26-37(35-45-40(43)38-29-32-41(4)33-30-38)27-22-17-14-15-18-23-28-39(42)44-34-31-36(24-19-9-6-2)25-20-10-7-3/h24,37-39,42H,5-23,25-35H2,1-4H3/b36-24+. The van der Waals surface area contributed by atoms with Crippen molar-refractivity contribution in [2.24, 2.45) is 11.8 Å². The number of hydrogen-bond acceptors (Lipinski definition) is 5. The number of unbranched alkanes of at least 4 members (excludes halogenated alkanes) is 15. The molecule has 2 unspecified atom stereocenters. The minimum atomic E-state index is -0.623. The fraction of sp³-hybridized carbons (Fsp3) is 0.925. The molecule has 0 bridgehead atoms. The summed E-state index contributed by atoms with van der Waals surface area (Å²) in [5, 5.41) is 10.3. The molecule has 0 amide bonds. The number of piperidine rings is 1.